The zero-order chi connectivity index (χ0) is 30.8. The van der Waals surface area contributed by atoms with E-state index >= 15 is 0 Å². The van der Waals surface area contributed by atoms with Gasteiger partial charge in [0, 0.05) is 37.1 Å². The van der Waals surface area contributed by atoms with E-state index in [2.05, 4.69) is 10.9 Å². The molecule has 1 aliphatic heterocycles. The Balaban J connectivity index is 1.47. The first-order valence-electron chi connectivity index (χ1n) is 14.3. The van der Waals surface area contributed by atoms with Gasteiger partial charge in [-0.15, -0.1) is 0 Å². The first kappa shape index (κ1) is 30.6. The Hall–Kier alpha value is -4.86. The number of rotatable bonds is 13. The Labute approximate surface area is 254 Å². The normalized spacial score (nSPS) is 17.7. The molecule has 0 bridgehead atoms. The SMILES string of the molecule is O=C(NNCc1cc(F)ccc1F)[C@@]1(C/C=C/c2ccccc2)N=C(c2ccc(OCCCO)cc2)O[C@H]1c1ccccc1. The number of aliphatic imine (C=N–C) groups is 1. The van der Waals surface area contributed by atoms with Crippen LogP contribution in [0.4, 0.5) is 8.78 Å². The van der Waals surface area contributed by atoms with Gasteiger partial charge in [0.15, 0.2) is 11.6 Å². The van der Waals surface area contributed by atoms with Crippen LogP contribution in [0.15, 0.2) is 114 Å². The molecule has 1 amide bonds. The van der Waals surface area contributed by atoms with Crippen molar-refractivity contribution >= 4 is 17.9 Å². The average Bonchev–Trinajstić information content (AvgIpc) is 3.45. The molecule has 0 aromatic heterocycles. The van der Waals surface area contributed by atoms with E-state index in [4.69, 9.17) is 19.6 Å². The maximum Gasteiger partial charge on any atom is 0.266 e. The van der Waals surface area contributed by atoms with Crippen LogP contribution < -0.4 is 15.6 Å². The second-order valence-electron chi connectivity index (χ2n) is 10.3. The van der Waals surface area contributed by atoms with Gasteiger partial charge < -0.3 is 14.6 Å². The highest BCUT2D eigenvalue weighted by Crippen LogP contribution is 2.43. The number of benzene rings is 4. The molecule has 226 valence electrons. The molecule has 0 radical (unpaired) electrons. The van der Waals surface area contributed by atoms with E-state index in [0.717, 1.165) is 29.3 Å². The van der Waals surface area contributed by atoms with Gasteiger partial charge in [-0.25, -0.2) is 19.2 Å². The van der Waals surface area contributed by atoms with E-state index < -0.39 is 29.2 Å². The first-order valence-corrected chi connectivity index (χ1v) is 14.3. The number of hydrogen-bond donors (Lipinski definition) is 3. The molecule has 0 unspecified atom stereocenters. The number of nitrogens with zero attached hydrogens (tertiary/aromatic N) is 1. The van der Waals surface area contributed by atoms with E-state index in [-0.39, 0.29) is 31.0 Å². The van der Waals surface area contributed by atoms with Crippen molar-refractivity contribution in [3.8, 4) is 5.75 Å². The largest absolute Gasteiger partial charge is 0.494 e. The monoisotopic (exact) mass is 597 g/mol. The Morgan fingerprint density at radius 3 is 2.43 bits per heavy atom. The van der Waals surface area contributed by atoms with Gasteiger partial charge in [0.25, 0.3) is 5.91 Å². The highest BCUT2D eigenvalue weighted by molar-refractivity contribution is 6.01. The fraction of sp³-hybridized carbons (Fsp3) is 0.200. The Morgan fingerprint density at radius 2 is 1.70 bits per heavy atom. The third kappa shape index (κ3) is 7.37. The predicted octanol–water partition coefficient (Wildman–Crippen LogP) is 5.91. The molecule has 5 rings (SSSR count). The fourth-order valence-electron chi connectivity index (χ4n) is 4.89. The minimum atomic E-state index is -1.45. The van der Waals surface area contributed by atoms with Crippen LogP contribution in [0.5, 0.6) is 5.75 Å². The van der Waals surface area contributed by atoms with Gasteiger partial charge in [0.05, 0.1) is 6.61 Å². The number of halogens is 2. The molecule has 9 heteroatoms. The smallest absolute Gasteiger partial charge is 0.266 e. The molecular weight excluding hydrogens is 564 g/mol. The summed E-state index contributed by atoms with van der Waals surface area (Å²) in [6.45, 7) is 0.280. The lowest BCUT2D eigenvalue weighted by Gasteiger charge is -2.29. The minimum absolute atomic E-state index is 0.0402. The molecular formula is C35H33F2N3O4. The summed E-state index contributed by atoms with van der Waals surface area (Å²) >= 11 is 0. The van der Waals surface area contributed by atoms with Crippen molar-refractivity contribution in [2.75, 3.05) is 13.2 Å². The van der Waals surface area contributed by atoms with Crippen molar-refractivity contribution in [3.05, 3.63) is 143 Å². The zero-order valence-corrected chi connectivity index (χ0v) is 24.0. The topological polar surface area (TPSA) is 92.2 Å². The number of carbonyl (C=O) groups excluding carboxylic acids is 1. The predicted molar refractivity (Wildman–Crippen MR) is 165 cm³/mol. The van der Waals surface area contributed by atoms with E-state index in [1.165, 1.54) is 0 Å². The molecule has 1 aliphatic rings. The second-order valence-corrected chi connectivity index (χ2v) is 10.3. The maximum atomic E-state index is 14.2. The van der Waals surface area contributed by atoms with Crippen molar-refractivity contribution < 1.29 is 28.2 Å². The highest BCUT2D eigenvalue weighted by Gasteiger charge is 2.52. The van der Waals surface area contributed by atoms with Crippen LogP contribution in [0.25, 0.3) is 6.08 Å². The lowest BCUT2D eigenvalue weighted by atomic mass is 9.84. The van der Waals surface area contributed by atoms with Crippen molar-refractivity contribution in [1.82, 2.24) is 10.9 Å². The zero-order valence-electron chi connectivity index (χ0n) is 24.0. The van der Waals surface area contributed by atoms with Gasteiger partial charge in [-0.3, -0.25) is 10.2 Å². The van der Waals surface area contributed by atoms with Crippen LogP contribution in [0.2, 0.25) is 0 Å². The van der Waals surface area contributed by atoms with E-state index in [1.807, 2.05) is 72.8 Å². The van der Waals surface area contributed by atoms with Crippen LogP contribution in [0.3, 0.4) is 0 Å². The summed E-state index contributed by atoms with van der Waals surface area (Å²) in [5.41, 5.74) is 6.39. The van der Waals surface area contributed by atoms with Gasteiger partial charge in [-0.05, 0) is 53.6 Å². The molecule has 7 nitrogen and oxygen atoms in total. The summed E-state index contributed by atoms with van der Waals surface area (Å²) in [6, 6.07) is 29.4. The van der Waals surface area contributed by atoms with Crippen LogP contribution in [-0.4, -0.2) is 35.7 Å². The molecule has 3 N–H and O–H groups in total. The van der Waals surface area contributed by atoms with E-state index in [9.17, 15) is 13.6 Å². The maximum absolute atomic E-state index is 14.2. The first-order chi connectivity index (χ1) is 21.5. The Kier molecular flexibility index (Phi) is 10.1. The summed E-state index contributed by atoms with van der Waals surface area (Å²) in [5.74, 6) is -0.766. The summed E-state index contributed by atoms with van der Waals surface area (Å²) < 4.78 is 40.1. The van der Waals surface area contributed by atoms with Crippen LogP contribution in [0, 0.1) is 11.6 Å². The van der Waals surface area contributed by atoms with Gasteiger partial charge >= 0.3 is 0 Å². The number of nitrogens with one attached hydrogen (secondary N) is 2. The molecule has 0 saturated heterocycles. The molecule has 2 atom stereocenters. The van der Waals surface area contributed by atoms with Crippen molar-refractivity contribution in [2.24, 2.45) is 4.99 Å². The lowest BCUT2D eigenvalue weighted by molar-refractivity contribution is -0.129. The van der Waals surface area contributed by atoms with Crippen LogP contribution >= 0.6 is 0 Å². The molecule has 4 aromatic rings. The summed E-state index contributed by atoms with van der Waals surface area (Å²) in [4.78, 5) is 19.0. The van der Waals surface area contributed by atoms with Gasteiger partial charge in [0.2, 0.25) is 5.90 Å². The van der Waals surface area contributed by atoms with Crippen molar-refractivity contribution in [2.45, 2.75) is 31.0 Å². The third-order valence-electron chi connectivity index (χ3n) is 7.16. The third-order valence-corrected chi connectivity index (χ3v) is 7.16. The van der Waals surface area contributed by atoms with E-state index in [1.54, 1.807) is 24.3 Å². The molecule has 44 heavy (non-hydrogen) atoms. The van der Waals surface area contributed by atoms with E-state index in [0.29, 0.717) is 24.3 Å². The number of aliphatic hydroxyl groups is 1. The molecule has 1 heterocycles. The number of hydrogen-bond acceptors (Lipinski definition) is 6. The second kappa shape index (κ2) is 14.5. The summed E-state index contributed by atoms with van der Waals surface area (Å²) in [6.07, 6.45) is 3.69. The van der Waals surface area contributed by atoms with Crippen LogP contribution in [0.1, 0.15) is 41.2 Å². The molecule has 4 aromatic carbocycles. The Bertz CT molecular complexity index is 1600. The summed E-state index contributed by atoms with van der Waals surface area (Å²) in [7, 11) is 0. The number of aliphatic hydroxyl groups excluding tert-OH is 1. The van der Waals surface area contributed by atoms with Crippen molar-refractivity contribution in [1.29, 1.82) is 0 Å². The quantitative estimate of drug-likeness (QED) is 0.132. The van der Waals surface area contributed by atoms with Gasteiger partial charge in [0.1, 0.15) is 17.4 Å². The number of amides is 1. The highest BCUT2D eigenvalue weighted by atomic mass is 19.1. The lowest BCUT2D eigenvalue weighted by Crippen LogP contribution is -2.52. The number of ether oxygens (including phenoxy) is 2. The van der Waals surface area contributed by atoms with Crippen molar-refractivity contribution in [3.63, 3.8) is 0 Å². The van der Waals surface area contributed by atoms with Crippen LogP contribution in [-0.2, 0) is 16.1 Å². The number of carbonyl (C=O) groups is 1. The summed E-state index contributed by atoms with van der Waals surface area (Å²) in [5, 5.41) is 9.02. The molecule has 0 aliphatic carbocycles. The van der Waals surface area contributed by atoms with Gasteiger partial charge in [-0.2, -0.15) is 0 Å². The van der Waals surface area contributed by atoms with Gasteiger partial charge in [-0.1, -0.05) is 72.8 Å². The Morgan fingerprint density at radius 1 is 0.977 bits per heavy atom. The molecule has 0 fully saturated rings. The standard InChI is InChI=1S/C35H33F2N3O4/c36-29-16-19-31(37)28(23-29)24-38-40-34(42)35(20-7-11-25-9-3-1-4-10-25)32(26-12-5-2-6-13-26)44-33(39-35)27-14-17-30(18-15-27)43-22-8-21-41/h1-7,9-19,23,32,38,41H,8,20-22,24H2,(H,40,42)/b11-7+/t32-,35-/m0/s1. The molecule has 0 spiro atoms. The minimum Gasteiger partial charge on any atom is -0.494 e. The fourth-order valence-corrected chi connectivity index (χ4v) is 4.89. The molecule has 0 saturated carbocycles. The average molecular weight is 598 g/mol. The number of hydrazine groups is 1.